The Hall–Kier alpha value is -3.20. The number of pyridine rings is 1. The van der Waals surface area contributed by atoms with Crippen LogP contribution >= 0.6 is 11.6 Å². The normalized spacial score (nSPS) is 22.1. The number of hydrogen-bond donors (Lipinski definition) is 1. The van der Waals surface area contributed by atoms with Crippen LogP contribution in [0.3, 0.4) is 0 Å². The fraction of sp³-hybridized carbons (Fsp3) is 0.333. The van der Waals surface area contributed by atoms with E-state index in [0.717, 1.165) is 4.90 Å². The number of ketones is 1. The minimum absolute atomic E-state index is 0.0353. The molecule has 1 atom stereocenters. The van der Waals surface area contributed by atoms with Gasteiger partial charge < -0.3 is 10.2 Å². The number of rotatable bonds is 4. The number of nitrogens with zero attached hydrogens (tertiary/aromatic N) is 2. The number of amides is 2. The fourth-order valence-electron chi connectivity index (χ4n) is 4.55. The van der Waals surface area contributed by atoms with Crippen LogP contribution in [0, 0.1) is 5.41 Å². The van der Waals surface area contributed by atoms with Crippen molar-refractivity contribution < 1.29 is 27.6 Å². The van der Waals surface area contributed by atoms with Gasteiger partial charge in [-0.1, -0.05) is 43.6 Å². The Morgan fingerprint density at radius 2 is 1.85 bits per heavy atom. The van der Waals surface area contributed by atoms with Gasteiger partial charge in [0.05, 0.1) is 22.7 Å². The maximum Gasteiger partial charge on any atom is 0.425 e. The van der Waals surface area contributed by atoms with E-state index < -0.39 is 40.3 Å². The van der Waals surface area contributed by atoms with Gasteiger partial charge in [-0.25, -0.2) is 0 Å². The van der Waals surface area contributed by atoms with Crippen LogP contribution < -0.4 is 5.32 Å². The first-order valence-corrected chi connectivity index (χ1v) is 10.9. The predicted octanol–water partition coefficient (Wildman–Crippen LogP) is 4.45. The van der Waals surface area contributed by atoms with Crippen LogP contribution in [0.25, 0.3) is 0 Å². The van der Waals surface area contributed by atoms with E-state index in [1.54, 1.807) is 26.0 Å². The summed E-state index contributed by atoms with van der Waals surface area (Å²) in [4.78, 5) is 44.6. The van der Waals surface area contributed by atoms with Crippen molar-refractivity contribution >= 4 is 29.2 Å². The SMILES string of the molecule is CC1(C)CC(=O)C2=C(C1)N(Cc1cccnc1)C(=O)[C@]2(NC(=O)c1ccccc1Cl)C(F)(F)F. The second-order valence-corrected chi connectivity index (χ2v) is 9.60. The molecule has 0 bridgehead atoms. The highest BCUT2D eigenvalue weighted by Gasteiger charge is 2.71. The molecule has 10 heteroatoms. The van der Waals surface area contributed by atoms with Gasteiger partial charge >= 0.3 is 6.18 Å². The van der Waals surface area contributed by atoms with Gasteiger partial charge in [-0.05, 0) is 35.6 Å². The molecule has 1 aliphatic heterocycles. The maximum atomic E-state index is 14.8. The van der Waals surface area contributed by atoms with Crippen molar-refractivity contribution in [1.82, 2.24) is 15.2 Å². The summed E-state index contributed by atoms with van der Waals surface area (Å²) >= 11 is 6.02. The largest absolute Gasteiger partial charge is 0.425 e. The molecule has 1 N–H and O–H groups in total. The molecule has 1 aromatic carbocycles. The number of allylic oxidation sites excluding steroid dienone is 1. The smallest absolute Gasteiger partial charge is 0.326 e. The zero-order chi connectivity index (χ0) is 24.9. The third-order valence-corrected chi connectivity index (χ3v) is 6.36. The highest BCUT2D eigenvalue weighted by Crippen LogP contribution is 2.52. The van der Waals surface area contributed by atoms with Crippen molar-refractivity contribution in [1.29, 1.82) is 0 Å². The minimum Gasteiger partial charge on any atom is -0.326 e. The second kappa shape index (κ2) is 8.23. The van der Waals surface area contributed by atoms with Crippen molar-refractivity contribution in [3.63, 3.8) is 0 Å². The quantitative estimate of drug-likeness (QED) is 0.685. The fourth-order valence-corrected chi connectivity index (χ4v) is 4.77. The Kier molecular flexibility index (Phi) is 5.80. The molecule has 0 saturated heterocycles. The van der Waals surface area contributed by atoms with Gasteiger partial charge in [-0.3, -0.25) is 19.4 Å². The Balaban J connectivity index is 1.89. The minimum atomic E-state index is -5.29. The van der Waals surface area contributed by atoms with Gasteiger partial charge in [0.25, 0.3) is 11.8 Å². The van der Waals surface area contributed by atoms with E-state index in [2.05, 4.69) is 4.98 Å². The van der Waals surface area contributed by atoms with Crippen LogP contribution in [-0.4, -0.2) is 39.2 Å². The first-order valence-electron chi connectivity index (χ1n) is 10.5. The molecule has 0 spiro atoms. The van der Waals surface area contributed by atoms with Crippen LogP contribution in [0.1, 0.15) is 42.6 Å². The second-order valence-electron chi connectivity index (χ2n) is 9.20. The number of carbonyl (C=O) groups excluding carboxylic acids is 3. The molecule has 178 valence electrons. The number of hydrogen-bond acceptors (Lipinski definition) is 4. The first-order chi connectivity index (χ1) is 15.9. The Bertz CT molecular complexity index is 1210. The van der Waals surface area contributed by atoms with Crippen molar-refractivity contribution in [2.75, 3.05) is 0 Å². The van der Waals surface area contributed by atoms with Crippen molar-refractivity contribution in [2.45, 2.75) is 44.9 Å². The summed E-state index contributed by atoms with van der Waals surface area (Å²) in [6.45, 7) is 3.27. The van der Waals surface area contributed by atoms with Crippen LogP contribution in [0.5, 0.6) is 0 Å². The van der Waals surface area contributed by atoms with E-state index in [9.17, 15) is 27.6 Å². The summed E-state index contributed by atoms with van der Waals surface area (Å²) < 4.78 is 44.4. The van der Waals surface area contributed by atoms with Crippen LogP contribution in [0.15, 0.2) is 60.1 Å². The van der Waals surface area contributed by atoms with Crippen LogP contribution in [-0.2, 0) is 16.1 Å². The van der Waals surface area contributed by atoms with Crippen molar-refractivity contribution in [2.24, 2.45) is 5.41 Å². The van der Waals surface area contributed by atoms with Gasteiger partial charge in [0.2, 0.25) is 5.54 Å². The van der Waals surface area contributed by atoms with Crippen LogP contribution in [0.4, 0.5) is 13.2 Å². The van der Waals surface area contributed by atoms with Gasteiger partial charge in [0, 0.05) is 24.5 Å². The number of carbonyl (C=O) groups is 3. The number of alkyl halides is 3. The third-order valence-electron chi connectivity index (χ3n) is 6.03. The first kappa shape index (κ1) is 23.9. The monoisotopic (exact) mass is 491 g/mol. The standard InChI is InChI=1S/C24H21ClF3N3O3/c1-22(2)10-17-19(18(32)11-22)23(24(26,27)28,30-20(33)15-7-3-4-8-16(15)25)21(34)31(17)13-14-6-5-9-29-12-14/h3-9,12H,10-11,13H2,1-2H3,(H,30,33)/t23-/m0/s1. The summed E-state index contributed by atoms with van der Waals surface area (Å²) in [6.07, 6.45) is -2.50. The summed E-state index contributed by atoms with van der Waals surface area (Å²) in [5.41, 5.74) is -4.71. The molecule has 0 saturated carbocycles. The van der Waals surface area contributed by atoms with E-state index in [1.807, 2.05) is 5.32 Å². The molecular formula is C24H21ClF3N3O3. The van der Waals surface area contributed by atoms with Crippen LogP contribution in [0.2, 0.25) is 5.02 Å². The topological polar surface area (TPSA) is 79.4 Å². The molecule has 0 radical (unpaired) electrons. The van der Waals surface area contributed by atoms with Gasteiger partial charge in [0.1, 0.15) is 0 Å². The average molecular weight is 492 g/mol. The maximum absolute atomic E-state index is 14.8. The Morgan fingerprint density at radius 3 is 2.47 bits per heavy atom. The summed E-state index contributed by atoms with van der Waals surface area (Å²) in [5.74, 6) is -3.46. The summed E-state index contributed by atoms with van der Waals surface area (Å²) in [7, 11) is 0. The molecule has 6 nitrogen and oxygen atoms in total. The molecule has 0 unspecified atom stereocenters. The van der Waals surface area contributed by atoms with Crippen molar-refractivity contribution in [3.8, 4) is 0 Å². The highest BCUT2D eigenvalue weighted by atomic mass is 35.5. The molecule has 0 fully saturated rings. The molecule has 2 aromatic rings. The third kappa shape index (κ3) is 3.87. The molecule has 1 aromatic heterocycles. The molecular weight excluding hydrogens is 471 g/mol. The lowest BCUT2D eigenvalue weighted by Gasteiger charge is -2.35. The van der Waals surface area contributed by atoms with Gasteiger partial charge in [0.15, 0.2) is 5.78 Å². The molecule has 34 heavy (non-hydrogen) atoms. The number of benzene rings is 1. The van der Waals surface area contributed by atoms with Crippen molar-refractivity contribution in [3.05, 3.63) is 76.2 Å². The van der Waals surface area contributed by atoms with E-state index in [4.69, 9.17) is 11.6 Å². The average Bonchev–Trinajstić information content (AvgIpc) is 2.97. The molecule has 2 heterocycles. The number of aromatic nitrogens is 1. The van der Waals surface area contributed by atoms with E-state index >= 15 is 0 Å². The molecule has 1 aliphatic carbocycles. The summed E-state index contributed by atoms with van der Waals surface area (Å²) in [5, 5.41) is 1.79. The van der Waals surface area contributed by atoms with Gasteiger partial charge in [-0.15, -0.1) is 0 Å². The van der Waals surface area contributed by atoms with Gasteiger partial charge in [-0.2, -0.15) is 13.2 Å². The van der Waals surface area contributed by atoms with E-state index in [1.165, 1.54) is 36.7 Å². The number of Topliss-reactive ketones (excluding diaryl/α,β-unsaturated/α-hetero) is 1. The van der Waals surface area contributed by atoms with E-state index in [0.29, 0.717) is 5.56 Å². The van der Waals surface area contributed by atoms with E-state index in [-0.39, 0.29) is 35.7 Å². The Labute approximate surface area is 198 Å². The lowest BCUT2D eigenvalue weighted by atomic mass is 9.72. The number of halogens is 4. The lowest BCUT2D eigenvalue weighted by Crippen LogP contribution is -2.66. The highest BCUT2D eigenvalue weighted by molar-refractivity contribution is 6.34. The zero-order valence-electron chi connectivity index (χ0n) is 18.4. The zero-order valence-corrected chi connectivity index (χ0v) is 19.1. The predicted molar refractivity (Wildman–Crippen MR) is 118 cm³/mol. The molecule has 4 rings (SSSR count). The lowest BCUT2D eigenvalue weighted by molar-refractivity contribution is -0.190. The Morgan fingerprint density at radius 1 is 1.15 bits per heavy atom. The number of nitrogens with one attached hydrogen (secondary N) is 1. The molecule has 2 amide bonds. The summed E-state index contributed by atoms with van der Waals surface area (Å²) in [6, 6.07) is 8.76. The molecule has 2 aliphatic rings.